The van der Waals surface area contributed by atoms with Crippen molar-refractivity contribution in [3.63, 3.8) is 0 Å². The third-order valence-electron chi connectivity index (χ3n) is 3.20. The molecule has 0 atom stereocenters. The molecule has 0 spiro atoms. The second kappa shape index (κ2) is 6.19. The van der Waals surface area contributed by atoms with Crippen LogP contribution in [-0.4, -0.2) is 0 Å². The summed E-state index contributed by atoms with van der Waals surface area (Å²) < 4.78 is 5.57. The molecule has 0 aliphatic rings. The first-order valence-electron chi connectivity index (χ1n) is 6.93. The topological polar surface area (TPSA) is 13.1 Å². The molecule has 1 heteroatoms. The molecular formula is C21H16O. The normalized spacial score (nSPS) is 9.59. The molecule has 0 fully saturated rings. The molecule has 0 aliphatic heterocycles. The minimum atomic E-state index is -0.105. The third kappa shape index (κ3) is 3.01. The van der Waals surface area contributed by atoms with Crippen LogP contribution < -0.4 is 0 Å². The van der Waals surface area contributed by atoms with Gasteiger partial charge in [0, 0.05) is 10.9 Å². The van der Waals surface area contributed by atoms with Gasteiger partial charge in [-0.1, -0.05) is 38.5 Å². The van der Waals surface area contributed by atoms with Crippen LogP contribution in [0.5, 0.6) is 0 Å². The number of furan rings is 1. The van der Waals surface area contributed by atoms with Gasteiger partial charge in [-0.05, 0) is 53.7 Å². The number of rotatable bonds is 0. The van der Waals surface area contributed by atoms with Gasteiger partial charge in [-0.15, -0.1) is 6.42 Å². The monoisotopic (exact) mass is 284 g/mol. The highest BCUT2D eigenvalue weighted by atomic mass is 16.3. The van der Waals surface area contributed by atoms with Gasteiger partial charge >= 0.3 is 0 Å². The Morgan fingerprint density at radius 3 is 2.41 bits per heavy atom. The summed E-state index contributed by atoms with van der Waals surface area (Å²) in [6.45, 7) is 8.14. The molecule has 1 aromatic carbocycles. The van der Waals surface area contributed by atoms with Crippen LogP contribution in [-0.2, 0) is 5.41 Å². The van der Waals surface area contributed by atoms with Crippen molar-refractivity contribution in [2.24, 2.45) is 0 Å². The molecule has 106 valence electrons. The van der Waals surface area contributed by atoms with Crippen molar-refractivity contribution in [2.75, 3.05) is 0 Å². The molecule has 0 saturated carbocycles. The predicted octanol–water partition coefficient (Wildman–Crippen LogP) is 4.09. The van der Waals surface area contributed by atoms with E-state index in [9.17, 15) is 0 Å². The number of fused-ring (bicyclic) bond motifs is 1. The van der Waals surface area contributed by atoms with E-state index < -0.39 is 0 Å². The first kappa shape index (κ1) is 15.4. The summed E-state index contributed by atoms with van der Waals surface area (Å²) in [7, 11) is 0. The van der Waals surface area contributed by atoms with E-state index >= 15 is 0 Å². The molecule has 2 aromatic rings. The average molecular weight is 284 g/mol. The standard InChI is InChI=1S/C21H16O/c1-6-8-10-12-16-17(11-9-7-2)19(21(3,4)5)15-20-18(16)13-14-22-20/h2,13-15H,1,3-5H3. The molecule has 0 amide bonds. The second-order valence-electron chi connectivity index (χ2n) is 5.78. The molecule has 1 heterocycles. The molecule has 0 unspecified atom stereocenters. The third-order valence-corrected chi connectivity index (χ3v) is 3.20. The lowest BCUT2D eigenvalue weighted by molar-refractivity contribution is 0.581. The summed E-state index contributed by atoms with van der Waals surface area (Å²) >= 11 is 0. The van der Waals surface area contributed by atoms with Crippen molar-refractivity contribution in [3.8, 4) is 47.9 Å². The fourth-order valence-corrected chi connectivity index (χ4v) is 2.22. The number of hydrogen-bond donors (Lipinski definition) is 0. The Hall–Kier alpha value is -3.00. The van der Waals surface area contributed by atoms with Crippen molar-refractivity contribution in [3.05, 3.63) is 35.1 Å². The molecule has 1 nitrogen and oxygen atoms in total. The Kier molecular flexibility index (Phi) is 4.33. The minimum Gasteiger partial charge on any atom is -0.464 e. The molecule has 2 rings (SSSR count). The first-order valence-corrected chi connectivity index (χ1v) is 6.93. The Balaban J connectivity index is 2.93. The Bertz CT molecular complexity index is 937. The van der Waals surface area contributed by atoms with Crippen molar-refractivity contribution in [2.45, 2.75) is 33.1 Å². The van der Waals surface area contributed by atoms with Gasteiger partial charge < -0.3 is 4.42 Å². The zero-order valence-electron chi connectivity index (χ0n) is 13.2. The number of hydrogen-bond acceptors (Lipinski definition) is 1. The number of benzene rings is 1. The summed E-state index contributed by atoms with van der Waals surface area (Å²) in [5.74, 6) is 19.7. The lowest BCUT2D eigenvalue weighted by Crippen LogP contribution is -2.14. The molecule has 0 radical (unpaired) electrons. The Labute approximate surface area is 132 Å². The van der Waals surface area contributed by atoms with E-state index in [1.54, 1.807) is 13.2 Å². The molecule has 22 heavy (non-hydrogen) atoms. The zero-order chi connectivity index (χ0) is 16.2. The molecule has 1 aromatic heterocycles. The van der Waals surface area contributed by atoms with E-state index in [2.05, 4.69) is 62.2 Å². The van der Waals surface area contributed by atoms with Gasteiger partial charge in [-0.2, -0.15) is 0 Å². The zero-order valence-corrected chi connectivity index (χ0v) is 13.2. The Morgan fingerprint density at radius 2 is 1.77 bits per heavy atom. The van der Waals surface area contributed by atoms with E-state index in [1.165, 1.54) is 0 Å². The molecule has 0 N–H and O–H groups in total. The maximum absolute atomic E-state index is 5.57. The maximum atomic E-state index is 5.57. The van der Waals surface area contributed by atoms with Crippen molar-refractivity contribution >= 4 is 11.0 Å². The van der Waals surface area contributed by atoms with Gasteiger partial charge in [0.1, 0.15) is 5.58 Å². The lowest BCUT2D eigenvalue weighted by Gasteiger charge is -2.22. The van der Waals surface area contributed by atoms with E-state index in [4.69, 9.17) is 10.8 Å². The largest absolute Gasteiger partial charge is 0.464 e. The summed E-state index contributed by atoms with van der Waals surface area (Å²) in [6, 6.07) is 3.92. The van der Waals surface area contributed by atoms with Crippen LogP contribution in [0.25, 0.3) is 11.0 Å². The second-order valence-corrected chi connectivity index (χ2v) is 5.78. The van der Waals surface area contributed by atoms with Crippen LogP contribution in [0, 0.1) is 47.9 Å². The van der Waals surface area contributed by atoms with Gasteiger partial charge in [-0.3, -0.25) is 0 Å². The van der Waals surface area contributed by atoms with Gasteiger partial charge in [0.05, 0.1) is 11.8 Å². The van der Waals surface area contributed by atoms with Gasteiger partial charge in [0.15, 0.2) is 0 Å². The van der Waals surface area contributed by atoms with Crippen molar-refractivity contribution in [1.82, 2.24) is 0 Å². The first-order chi connectivity index (χ1) is 10.5. The minimum absolute atomic E-state index is 0.105. The van der Waals surface area contributed by atoms with E-state index in [0.29, 0.717) is 0 Å². The summed E-state index contributed by atoms with van der Waals surface area (Å²) in [5, 5.41) is 0.930. The summed E-state index contributed by atoms with van der Waals surface area (Å²) in [5.41, 5.74) is 3.43. The quantitative estimate of drug-likeness (QED) is 0.664. The maximum Gasteiger partial charge on any atom is 0.135 e. The van der Waals surface area contributed by atoms with Crippen LogP contribution in [0.4, 0.5) is 0 Å². The van der Waals surface area contributed by atoms with E-state index in [1.807, 2.05) is 12.1 Å². The van der Waals surface area contributed by atoms with E-state index in [-0.39, 0.29) is 5.41 Å². The summed E-state index contributed by atoms with van der Waals surface area (Å²) in [4.78, 5) is 0. The van der Waals surface area contributed by atoms with Gasteiger partial charge in [0.2, 0.25) is 0 Å². The van der Waals surface area contributed by atoms with Crippen molar-refractivity contribution in [1.29, 1.82) is 0 Å². The van der Waals surface area contributed by atoms with Crippen LogP contribution in [0.2, 0.25) is 0 Å². The highest BCUT2D eigenvalue weighted by molar-refractivity contribution is 5.88. The molecule has 0 aliphatic carbocycles. The molecule has 0 saturated heterocycles. The fourth-order valence-electron chi connectivity index (χ4n) is 2.22. The van der Waals surface area contributed by atoms with E-state index in [0.717, 1.165) is 27.7 Å². The predicted molar refractivity (Wildman–Crippen MR) is 91.0 cm³/mol. The molecule has 0 bridgehead atoms. The lowest BCUT2D eigenvalue weighted by atomic mass is 9.81. The van der Waals surface area contributed by atoms with Crippen LogP contribution in [0.3, 0.4) is 0 Å². The van der Waals surface area contributed by atoms with Crippen LogP contribution in [0.15, 0.2) is 22.8 Å². The number of terminal acetylenes is 1. The van der Waals surface area contributed by atoms with Crippen LogP contribution in [0.1, 0.15) is 44.4 Å². The smallest absolute Gasteiger partial charge is 0.135 e. The van der Waals surface area contributed by atoms with Crippen molar-refractivity contribution < 1.29 is 4.42 Å². The van der Waals surface area contributed by atoms with Gasteiger partial charge in [0.25, 0.3) is 0 Å². The van der Waals surface area contributed by atoms with Crippen LogP contribution >= 0.6 is 0 Å². The highest BCUT2D eigenvalue weighted by Gasteiger charge is 2.22. The average Bonchev–Trinajstić information content (AvgIpc) is 2.92. The summed E-state index contributed by atoms with van der Waals surface area (Å²) in [6.07, 6.45) is 6.96. The molecular weight excluding hydrogens is 268 g/mol. The Morgan fingerprint density at radius 1 is 1.05 bits per heavy atom. The SMILES string of the molecule is C#CC#Cc1c(C(C)(C)C)cc2occc2c1C#CC#CC. The van der Waals surface area contributed by atoms with Gasteiger partial charge in [-0.25, -0.2) is 0 Å². The highest BCUT2D eigenvalue weighted by Crippen LogP contribution is 2.33. The fraction of sp³-hybridized carbons (Fsp3) is 0.238.